The van der Waals surface area contributed by atoms with Gasteiger partial charge < -0.3 is 14.2 Å². The van der Waals surface area contributed by atoms with E-state index in [2.05, 4.69) is 0 Å². The lowest BCUT2D eigenvalue weighted by molar-refractivity contribution is 0.0405. The summed E-state index contributed by atoms with van der Waals surface area (Å²) in [5, 5.41) is 0. The van der Waals surface area contributed by atoms with Crippen molar-refractivity contribution >= 4 is 5.78 Å². The highest BCUT2D eigenvalue weighted by Gasteiger charge is 1.99. The van der Waals surface area contributed by atoms with Crippen LogP contribution >= 0.6 is 0 Å². The first-order valence-corrected chi connectivity index (χ1v) is 6.13. The molecule has 0 N–H and O–H groups in total. The zero-order chi connectivity index (χ0) is 13.2. The van der Waals surface area contributed by atoms with Crippen molar-refractivity contribution in [1.82, 2.24) is 0 Å². The van der Waals surface area contributed by atoms with Gasteiger partial charge in [0, 0.05) is 12.2 Å². The molecule has 0 aliphatic carbocycles. The highest BCUT2D eigenvalue weighted by atomic mass is 16.5. The molecule has 4 heteroatoms. The van der Waals surface area contributed by atoms with E-state index in [0.717, 1.165) is 5.75 Å². The van der Waals surface area contributed by atoms with Crippen LogP contribution in [0.5, 0.6) is 5.75 Å². The Morgan fingerprint density at radius 3 is 2.22 bits per heavy atom. The average molecular weight is 252 g/mol. The minimum absolute atomic E-state index is 0.0563. The maximum atomic E-state index is 11.1. The summed E-state index contributed by atoms with van der Waals surface area (Å²) in [6.45, 7) is 6.43. The third-order valence-corrected chi connectivity index (χ3v) is 2.33. The standard InChI is InChI=1S/C14H20O4/c1-3-16-8-9-17-10-11-18-14-6-4-13(5-7-14)12(2)15/h4-7H,3,8-11H2,1-2H3. The average Bonchev–Trinajstić information content (AvgIpc) is 2.38. The Hall–Kier alpha value is -1.39. The van der Waals surface area contributed by atoms with Gasteiger partial charge in [-0.15, -0.1) is 0 Å². The molecule has 0 saturated heterocycles. The molecule has 0 spiro atoms. The van der Waals surface area contributed by atoms with Gasteiger partial charge in [0.2, 0.25) is 0 Å². The summed E-state index contributed by atoms with van der Waals surface area (Å²) in [5.74, 6) is 0.800. The van der Waals surface area contributed by atoms with Crippen molar-refractivity contribution in [2.24, 2.45) is 0 Å². The largest absolute Gasteiger partial charge is 0.491 e. The smallest absolute Gasteiger partial charge is 0.159 e. The third kappa shape index (κ3) is 5.80. The summed E-state index contributed by atoms with van der Waals surface area (Å²) in [4.78, 5) is 11.1. The van der Waals surface area contributed by atoms with Crippen LogP contribution in [0.15, 0.2) is 24.3 Å². The fraction of sp³-hybridized carbons (Fsp3) is 0.500. The van der Waals surface area contributed by atoms with Gasteiger partial charge in [0.15, 0.2) is 5.78 Å². The van der Waals surface area contributed by atoms with Gasteiger partial charge in [0.05, 0.1) is 19.8 Å². The van der Waals surface area contributed by atoms with Gasteiger partial charge in [-0.3, -0.25) is 4.79 Å². The summed E-state index contributed by atoms with van der Waals surface area (Å²) >= 11 is 0. The lowest BCUT2D eigenvalue weighted by atomic mass is 10.1. The fourth-order valence-corrected chi connectivity index (χ4v) is 1.37. The molecule has 0 amide bonds. The first-order valence-electron chi connectivity index (χ1n) is 6.13. The van der Waals surface area contributed by atoms with Crippen LogP contribution in [-0.2, 0) is 9.47 Å². The number of ether oxygens (including phenoxy) is 3. The van der Waals surface area contributed by atoms with Crippen molar-refractivity contribution < 1.29 is 19.0 Å². The van der Waals surface area contributed by atoms with Crippen LogP contribution in [0.1, 0.15) is 24.2 Å². The maximum Gasteiger partial charge on any atom is 0.159 e. The number of hydrogen-bond acceptors (Lipinski definition) is 4. The maximum absolute atomic E-state index is 11.1. The Kier molecular flexibility index (Phi) is 7.06. The van der Waals surface area contributed by atoms with Crippen molar-refractivity contribution in [2.45, 2.75) is 13.8 Å². The minimum Gasteiger partial charge on any atom is -0.491 e. The van der Waals surface area contributed by atoms with Crippen LogP contribution in [0.2, 0.25) is 0 Å². The van der Waals surface area contributed by atoms with E-state index < -0.39 is 0 Å². The van der Waals surface area contributed by atoms with Crippen molar-refractivity contribution in [3.05, 3.63) is 29.8 Å². The second-order valence-electron chi connectivity index (χ2n) is 3.74. The van der Waals surface area contributed by atoms with E-state index in [1.807, 2.05) is 6.92 Å². The molecule has 0 fully saturated rings. The lowest BCUT2D eigenvalue weighted by Crippen LogP contribution is -2.10. The van der Waals surface area contributed by atoms with E-state index in [4.69, 9.17) is 14.2 Å². The molecule has 0 aliphatic heterocycles. The Morgan fingerprint density at radius 1 is 1.00 bits per heavy atom. The second-order valence-corrected chi connectivity index (χ2v) is 3.74. The van der Waals surface area contributed by atoms with E-state index in [1.165, 1.54) is 0 Å². The third-order valence-electron chi connectivity index (χ3n) is 2.33. The monoisotopic (exact) mass is 252 g/mol. The first-order chi connectivity index (χ1) is 8.74. The van der Waals surface area contributed by atoms with Crippen molar-refractivity contribution in [2.75, 3.05) is 33.0 Å². The summed E-state index contributed by atoms with van der Waals surface area (Å²) in [6, 6.07) is 7.09. The molecule has 1 aromatic rings. The Bertz CT molecular complexity index is 345. The van der Waals surface area contributed by atoms with Gasteiger partial charge >= 0.3 is 0 Å². The first kappa shape index (κ1) is 14.7. The zero-order valence-electron chi connectivity index (χ0n) is 11.0. The number of hydrogen-bond donors (Lipinski definition) is 0. The molecule has 0 unspecified atom stereocenters. The number of rotatable bonds is 9. The van der Waals surface area contributed by atoms with Crippen molar-refractivity contribution in [1.29, 1.82) is 0 Å². The molecule has 4 nitrogen and oxygen atoms in total. The number of carbonyl (C=O) groups excluding carboxylic acids is 1. The molecule has 0 heterocycles. The second kappa shape index (κ2) is 8.66. The Morgan fingerprint density at radius 2 is 1.61 bits per heavy atom. The normalized spacial score (nSPS) is 10.3. The summed E-state index contributed by atoms with van der Waals surface area (Å²) in [6.07, 6.45) is 0. The molecule has 100 valence electrons. The van der Waals surface area contributed by atoms with E-state index >= 15 is 0 Å². The Balaban J connectivity index is 2.14. The summed E-state index contributed by atoms with van der Waals surface area (Å²) in [5.41, 5.74) is 0.690. The fourth-order valence-electron chi connectivity index (χ4n) is 1.37. The van der Waals surface area contributed by atoms with Gasteiger partial charge in [0.25, 0.3) is 0 Å². The molecule has 0 bridgehead atoms. The quantitative estimate of drug-likeness (QED) is 0.500. The predicted molar refractivity (Wildman–Crippen MR) is 69.3 cm³/mol. The highest BCUT2D eigenvalue weighted by molar-refractivity contribution is 5.94. The van der Waals surface area contributed by atoms with Crippen molar-refractivity contribution in [3.63, 3.8) is 0 Å². The molecule has 1 aromatic carbocycles. The van der Waals surface area contributed by atoms with E-state index in [0.29, 0.717) is 38.6 Å². The Labute approximate surface area is 108 Å². The van der Waals surface area contributed by atoms with Gasteiger partial charge in [-0.2, -0.15) is 0 Å². The highest BCUT2D eigenvalue weighted by Crippen LogP contribution is 2.12. The van der Waals surface area contributed by atoms with Crippen LogP contribution in [0.3, 0.4) is 0 Å². The van der Waals surface area contributed by atoms with Gasteiger partial charge in [0.1, 0.15) is 12.4 Å². The topological polar surface area (TPSA) is 44.8 Å². The zero-order valence-corrected chi connectivity index (χ0v) is 11.0. The molecule has 0 aliphatic rings. The van der Waals surface area contributed by atoms with Crippen LogP contribution < -0.4 is 4.74 Å². The van der Waals surface area contributed by atoms with E-state index in [-0.39, 0.29) is 5.78 Å². The molecule has 0 radical (unpaired) electrons. The number of carbonyl (C=O) groups is 1. The van der Waals surface area contributed by atoms with Gasteiger partial charge in [-0.1, -0.05) is 0 Å². The molecular formula is C14H20O4. The molecular weight excluding hydrogens is 232 g/mol. The number of ketones is 1. The van der Waals surface area contributed by atoms with Crippen LogP contribution in [-0.4, -0.2) is 38.8 Å². The van der Waals surface area contributed by atoms with E-state index in [9.17, 15) is 4.79 Å². The van der Waals surface area contributed by atoms with E-state index in [1.54, 1.807) is 31.2 Å². The predicted octanol–water partition coefficient (Wildman–Crippen LogP) is 2.32. The molecule has 0 saturated carbocycles. The van der Waals surface area contributed by atoms with Gasteiger partial charge in [-0.05, 0) is 38.1 Å². The SMILES string of the molecule is CCOCCOCCOc1ccc(C(C)=O)cc1. The number of Topliss-reactive ketones (excluding diaryl/α,β-unsaturated/α-hetero) is 1. The van der Waals surface area contributed by atoms with Crippen molar-refractivity contribution in [3.8, 4) is 5.75 Å². The van der Waals surface area contributed by atoms with Crippen LogP contribution in [0.25, 0.3) is 0 Å². The van der Waals surface area contributed by atoms with Crippen LogP contribution in [0.4, 0.5) is 0 Å². The number of benzene rings is 1. The molecule has 0 aromatic heterocycles. The van der Waals surface area contributed by atoms with Crippen LogP contribution in [0, 0.1) is 0 Å². The molecule has 0 atom stereocenters. The minimum atomic E-state index is 0.0563. The van der Waals surface area contributed by atoms with Gasteiger partial charge in [-0.25, -0.2) is 0 Å². The summed E-state index contributed by atoms with van der Waals surface area (Å²) in [7, 11) is 0. The lowest BCUT2D eigenvalue weighted by Gasteiger charge is -2.07. The summed E-state index contributed by atoms with van der Waals surface area (Å²) < 4.78 is 15.9. The molecule has 18 heavy (non-hydrogen) atoms. The molecule has 1 rings (SSSR count).